The van der Waals surface area contributed by atoms with Crippen molar-refractivity contribution >= 4 is 29.9 Å². The second kappa shape index (κ2) is 8.90. The molecule has 1 saturated heterocycles. The van der Waals surface area contributed by atoms with E-state index in [0.717, 1.165) is 52.8 Å². The third-order valence-corrected chi connectivity index (χ3v) is 9.98. The summed E-state index contributed by atoms with van der Waals surface area (Å²) in [6, 6.07) is 7.25. The highest BCUT2D eigenvalue weighted by molar-refractivity contribution is 7.92. The number of halogens is 2. The van der Waals surface area contributed by atoms with E-state index in [-0.39, 0.29) is 35.1 Å². The van der Waals surface area contributed by atoms with Crippen LogP contribution in [0, 0.1) is 11.6 Å². The highest BCUT2D eigenvalue weighted by Crippen LogP contribution is 2.25. The van der Waals surface area contributed by atoms with Gasteiger partial charge in [0.2, 0.25) is 20.0 Å². The molecule has 0 radical (unpaired) electrons. The number of hydrogen-bond donors (Lipinski definition) is 1. The highest BCUT2D eigenvalue weighted by atomic mass is 32.2. The second-order valence-electron chi connectivity index (χ2n) is 6.98. The van der Waals surface area contributed by atoms with E-state index in [4.69, 9.17) is 0 Å². The van der Waals surface area contributed by atoms with Gasteiger partial charge in [-0.25, -0.2) is 38.8 Å². The summed E-state index contributed by atoms with van der Waals surface area (Å²) in [5.74, 6) is -1.83. The quantitative estimate of drug-likeness (QED) is 0.588. The summed E-state index contributed by atoms with van der Waals surface area (Å²) in [4.78, 5) is -0.440. The highest BCUT2D eigenvalue weighted by Gasteiger charge is 2.38. The number of sulfonamides is 2. The minimum absolute atomic E-state index is 0.0630. The number of nitrogens with zero attached hydrogens (tertiary/aromatic N) is 1. The van der Waals surface area contributed by atoms with Crippen molar-refractivity contribution in [1.29, 1.82) is 0 Å². The predicted molar refractivity (Wildman–Crippen MR) is 109 cm³/mol. The van der Waals surface area contributed by atoms with E-state index in [1.807, 2.05) is 0 Å². The average Bonchev–Trinajstić information content (AvgIpc) is 3.05. The lowest BCUT2D eigenvalue weighted by molar-refractivity contribution is 0.343. The molecule has 0 aromatic heterocycles. The molecule has 3 rings (SSSR count). The molecule has 1 heterocycles. The van der Waals surface area contributed by atoms with Crippen LogP contribution in [0.2, 0.25) is 0 Å². The molecule has 1 fully saturated rings. The fourth-order valence-corrected chi connectivity index (χ4v) is 7.73. The van der Waals surface area contributed by atoms with Gasteiger partial charge in [0, 0.05) is 19.1 Å². The van der Waals surface area contributed by atoms with E-state index >= 15 is 0 Å². The van der Waals surface area contributed by atoms with Crippen LogP contribution in [0.25, 0.3) is 0 Å². The Morgan fingerprint density at radius 1 is 0.903 bits per heavy atom. The normalized spacial score (nSPS) is 19.0. The maximum Gasteiger partial charge on any atom is 0.243 e. The van der Waals surface area contributed by atoms with Crippen LogP contribution < -0.4 is 4.72 Å². The van der Waals surface area contributed by atoms with Crippen LogP contribution >= 0.6 is 0 Å². The summed E-state index contributed by atoms with van der Waals surface area (Å²) in [5, 5.41) is 0. The number of nitrogens with one attached hydrogen (secondary N) is 1. The number of hydrogen-bond acceptors (Lipinski definition) is 6. The van der Waals surface area contributed by atoms with Gasteiger partial charge >= 0.3 is 0 Å². The largest absolute Gasteiger partial charge is 0.243 e. The fourth-order valence-electron chi connectivity index (χ4n) is 3.23. The minimum Gasteiger partial charge on any atom is -0.229 e. The molecule has 0 bridgehead atoms. The minimum atomic E-state index is -4.22. The van der Waals surface area contributed by atoms with Crippen molar-refractivity contribution in [3.63, 3.8) is 0 Å². The van der Waals surface area contributed by atoms with Gasteiger partial charge in [-0.1, -0.05) is 0 Å². The Hall–Kier alpha value is -1.93. The van der Waals surface area contributed by atoms with Crippen LogP contribution in [0.1, 0.15) is 6.42 Å². The first-order valence-electron chi connectivity index (χ1n) is 9.14. The van der Waals surface area contributed by atoms with Gasteiger partial charge in [-0.15, -0.1) is 0 Å². The molecule has 1 aliphatic heterocycles. The summed E-state index contributed by atoms with van der Waals surface area (Å²) in [7, 11) is -11.7. The first kappa shape index (κ1) is 23.7. The van der Waals surface area contributed by atoms with Crippen molar-refractivity contribution in [1.82, 2.24) is 9.03 Å². The van der Waals surface area contributed by atoms with Crippen molar-refractivity contribution in [2.75, 3.05) is 24.6 Å². The van der Waals surface area contributed by atoms with Crippen molar-refractivity contribution in [3.8, 4) is 0 Å². The summed E-state index contributed by atoms with van der Waals surface area (Å²) in [6.45, 7) is -0.697. The van der Waals surface area contributed by atoms with E-state index in [1.165, 1.54) is 0 Å². The zero-order valence-electron chi connectivity index (χ0n) is 16.1. The van der Waals surface area contributed by atoms with Gasteiger partial charge in [0.1, 0.15) is 11.6 Å². The molecule has 170 valence electrons. The van der Waals surface area contributed by atoms with Crippen LogP contribution in [0.5, 0.6) is 0 Å². The van der Waals surface area contributed by atoms with Crippen LogP contribution in [-0.4, -0.2) is 60.2 Å². The zero-order chi connectivity index (χ0) is 22.9. The maximum absolute atomic E-state index is 13.2. The van der Waals surface area contributed by atoms with Gasteiger partial charge < -0.3 is 0 Å². The third kappa shape index (κ3) is 5.66. The lowest BCUT2D eigenvalue weighted by Gasteiger charge is -2.27. The summed E-state index contributed by atoms with van der Waals surface area (Å²) in [5.41, 5.74) is 0. The van der Waals surface area contributed by atoms with Gasteiger partial charge in [-0.3, -0.25) is 0 Å². The van der Waals surface area contributed by atoms with Crippen LogP contribution in [-0.2, 0) is 29.9 Å². The van der Waals surface area contributed by atoms with Crippen molar-refractivity contribution in [3.05, 3.63) is 60.2 Å². The molecule has 1 atom stereocenters. The first-order valence-corrected chi connectivity index (χ1v) is 13.9. The Labute approximate surface area is 179 Å². The Morgan fingerprint density at radius 3 is 1.90 bits per heavy atom. The van der Waals surface area contributed by atoms with E-state index < -0.39 is 53.3 Å². The number of benzene rings is 2. The molecule has 31 heavy (non-hydrogen) atoms. The van der Waals surface area contributed by atoms with Crippen LogP contribution in [0.15, 0.2) is 58.3 Å². The second-order valence-corrected chi connectivity index (χ2v) is 12.9. The molecule has 2 aromatic rings. The molecule has 0 unspecified atom stereocenters. The number of sulfone groups is 1. The topological polar surface area (TPSA) is 118 Å². The lowest BCUT2D eigenvalue weighted by Crippen LogP contribution is -2.45. The van der Waals surface area contributed by atoms with E-state index in [0.29, 0.717) is 0 Å². The maximum atomic E-state index is 13.2. The van der Waals surface area contributed by atoms with Crippen molar-refractivity contribution < 1.29 is 34.0 Å². The average molecular weight is 495 g/mol. The van der Waals surface area contributed by atoms with Crippen LogP contribution in [0.4, 0.5) is 8.78 Å². The van der Waals surface area contributed by atoms with Gasteiger partial charge in [0.15, 0.2) is 9.84 Å². The molecular weight excluding hydrogens is 474 g/mol. The Morgan fingerprint density at radius 2 is 1.42 bits per heavy atom. The Kier molecular flexibility index (Phi) is 6.81. The summed E-state index contributed by atoms with van der Waals surface area (Å²) < 4.78 is 104. The molecule has 1 N–H and O–H groups in total. The molecule has 13 heteroatoms. The van der Waals surface area contributed by atoms with E-state index in [2.05, 4.69) is 4.72 Å². The number of rotatable bonds is 8. The molecule has 0 aliphatic carbocycles. The molecule has 8 nitrogen and oxygen atoms in total. The molecule has 0 amide bonds. The predicted octanol–water partition coefficient (Wildman–Crippen LogP) is 1.12. The van der Waals surface area contributed by atoms with Gasteiger partial charge in [0.25, 0.3) is 0 Å². The molecule has 0 saturated carbocycles. The smallest absolute Gasteiger partial charge is 0.229 e. The van der Waals surface area contributed by atoms with Crippen molar-refractivity contribution in [2.24, 2.45) is 0 Å². The van der Waals surface area contributed by atoms with Gasteiger partial charge in [-0.05, 0) is 55.0 Å². The lowest BCUT2D eigenvalue weighted by atomic mass is 10.2. The first-order chi connectivity index (χ1) is 14.4. The van der Waals surface area contributed by atoms with E-state index in [1.54, 1.807) is 0 Å². The molecule has 2 aromatic carbocycles. The molecule has 0 spiro atoms. The molecule has 1 aliphatic rings. The Balaban J connectivity index is 1.82. The zero-order valence-corrected chi connectivity index (χ0v) is 18.6. The fraction of sp³-hybridized carbons (Fsp3) is 0.333. The van der Waals surface area contributed by atoms with E-state index in [9.17, 15) is 34.0 Å². The van der Waals surface area contributed by atoms with Gasteiger partial charge in [0.05, 0.1) is 21.3 Å². The third-order valence-electron chi connectivity index (χ3n) is 4.78. The monoisotopic (exact) mass is 494 g/mol. The Bertz CT molecular complexity index is 1250. The summed E-state index contributed by atoms with van der Waals surface area (Å²) in [6.07, 6.45) is 0.0630. The summed E-state index contributed by atoms with van der Waals surface area (Å²) >= 11 is 0. The van der Waals surface area contributed by atoms with Crippen LogP contribution in [0.3, 0.4) is 0 Å². The standard InChI is InChI=1S/C18H20F2N2O6S3/c19-14-1-5-17(6-2-14)30(25,26)21-10-11-22(16-9-12-29(23,24)13-16)31(27,28)18-7-3-15(20)4-8-18/h1-8,16,21H,9-13H2/t16-/m1/s1. The molecular formula is C18H20F2N2O6S3. The van der Waals surface area contributed by atoms with Crippen molar-refractivity contribution in [2.45, 2.75) is 22.3 Å². The SMILES string of the molecule is O=S1(=O)CC[C@@H](N(CCNS(=O)(=O)c2ccc(F)cc2)S(=O)(=O)c2ccc(F)cc2)C1. The van der Waals surface area contributed by atoms with Gasteiger partial charge in [-0.2, -0.15) is 4.31 Å².